The SMILES string of the molecule is CCOC(=O)C(=O)NCc1nc(C)c(C)s1. The maximum absolute atomic E-state index is 11.2. The molecule has 0 aliphatic heterocycles. The molecule has 0 aliphatic carbocycles. The Morgan fingerprint density at radius 1 is 1.44 bits per heavy atom. The van der Waals surface area contributed by atoms with E-state index in [0.717, 1.165) is 15.6 Å². The van der Waals surface area contributed by atoms with Crippen molar-refractivity contribution < 1.29 is 14.3 Å². The van der Waals surface area contributed by atoms with Crippen molar-refractivity contribution in [2.45, 2.75) is 27.3 Å². The lowest BCUT2D eigenvalue weighted by molar-refractivity contribution is -0.154. The van der Waals surface area contributed by atoms with Crippen LogP contribution in [0.3, 0.4) is 0 Å². The van der Waals surface area contributed by atoms with Crippen LogP contribution in [-0.2, 0) is 20.9 Å². The van der Waals surface area contributed by atoms with Crippen molar-refractivity contribution in [1.82, 2.24) is 10.3 Å². The first-order chi connectivity index (χ1) is 7.54. The van der Waals surface area contributed by atoms with Gasteiger partial charge in [0.1, 0.15) is 5.01 Å². The van der Waals surface area contributed by atoms with Gasteiger partial charge in [0.2, 0.25) is 0 Å². The third-order valence-electron chi connectivity index (χ3n) is 1.93. The second-order valence-electron chi connectivity index (χ2n) is 3.15. The van der Waals surface area contributed by atoms with E-state index < -0.39 is 11.9 Å². The molecular weight excluding hydrogens is 228 g/mol. The van der Waals surface area contributed by atoms with Gasteiger partial charge in [-0.05, 0) is 20.8 Å². The standard InChI is InChI=1S/C10H14N2O3S/c1-4-15-10(14)9(13)11-5-8-12-6(2)7(3)16-8/h4-5H2,1-3H3,(H,11,13). The van der Waals surface area contributed by atoms with Gasteiger partial charge in [0.05, 0.1) is 18.8 Å². The smallest absolute Gasteiger partial charge is 0.396 e. The molecule has 6 heteroatoms. The van der Waals surface area contributed by atoms with Gasteiger partial charge in [-0.25, -0.2) is 9.78 Å². The van der Waals surface area contributed by atoms with Crippen LogP contribution in [0.15, 0.2) is 0 Å². The highest BCUT2D eigenvalue weighted by atomic mass is 32.1. The zero-order valence-electron chi connectivity index (χ0n) is 9.49. The van der Waals surface area contributed by atoms with Gasteiger partial charge in [-0.3, -0.25) is 4.79 Å². The second kappa shape index (κ2) is 5.60. The molecule has 0 bridgehead atoms. The van der Waals surface area contributed by atoms with E-state index in [-0.39, 0.29) is 13.2 Å². The molecule has 1 aromatic rings. The number of nitrogens with one attached hydrogen (secondary N) is 1. The molecule has 88 valence electrons. The van der Waals surface area contributed by atoms with Crippen molar-refractivity contribution in [3.63, 3.8) is 0 Å². The summed E-state index contributed by atoms with van der Waals surface area (Å²) in [5.74, 6) is -1.58. The number of amides is 1. The summed E-state index contributed by atoms with van der Waals surface area (Å²) < 4.78 is 4.55. The third-order valence-corrected chi connectivity index (χ3v) is 3.01. The van der Waals surface area contributed by atoms with E-state index in [9.17, 15) is 9.59 Å². The van der Waals surface area contributed by atoms with E-state index in [1.54, 1.807) is 6.92 Å². The largest absolute Gasteiger partial charge is 0.459 e. The molecule has 1 heterocycles. The van der Waals surface area contributed by atoms with Gasteiger partial charge in [0, 0.05) is 4.88 Å². The first kappa shape index (κ1) is 12.6. The summed E-state index contributed by atoms with van der Waals surface area (Å²) in [6, 6.07) is 0. The van der Waals surface area contributed by atoms with Gasteiger partial charge in [-0.15, -0.1) is 11.3 Å². The monoisotopic (exact) mass is 242 g/mol. The van der Waals surface area contributed by atoms with Gasteiger partial charge < -0.3 is 10.1 Å². The summed E-state index contributed by atoms with van der Waals surface area (Å²) in [4.78, 5) is 27.5. The number of carbonyl (C=O) groups excluding carboxylic acids is 2. The zero-order chi connectivity index (χ0) is 12.1. The predicted octanol–water partition coefficient (Wildman–Crippen LogP) is 0.939. The molecule has 0 aromatic carbocycles. The Balaban J connectivity index is 2.45. The average molecular weight is 242 g/mol. The minimum absolute atomic E-state index is 0.196. The number of hydrogen-bond acceptors (Lipinski definition) is 5. The molecule has 1 N–H and O–H groups in total. The number of aromatic nitrogens is 1. The van der Waals surface area contributed by atoms with Crippen molar-refractivity contribution in [3.8, 4) is 0 Å². The van der Waals surface area contributed by atoms with E-state index >= 15 is 0 Å². The lowest BCUT2D eigenvalue weighted by atomic mass is 10.4. The molecule has 0 saturated carbocycles. The maximum atomic E-state index is 11.2. The quantitative estimate of drug-likeness (QED) is 0.632. The summed E-state index contributed by atoms with van der Waals surface area (Å²) >= 11 is 1.50. The fraction of sp³-hybridized carbons (Fsp3) is 0.500. The lowest BCUT2D eigenvalue weighted by Crippen LogP contribution is -2.32. The normalized spacial score (nSPS) is 9.94. The second-order valence-corrected chi connectivity index (χ2v) is 4.44. The summed E-state index contributed by atoms with van der Waals surface area (Å²) in [6.07, 6.45) is 0. The maximum Gasteiger partial charge on any atom is 0.396 e. The van der Waals surface area contributed by atoms with Crippen LogP contribution >= 0.6 is 11.3 Å². The summed E-state index contributed by atoms with van der Waals surface area (Å²) in [7, 11) is 0. The molecule has 0 aliphatic rings. The van der Waals surface area contributed by atoms with Crippen LogP contribution in [-0.4, -0.2) is 23.5 Å². The fourth-order valence-electron chi connectivity index (χ4n) is 1.04. The molecule has 5 nitrogen and oxygen atoms in total. The Hall–Kier alpha value is -1.43. The van der Waals surface area contributed by atoms with Gasteiger partial charge in [-0.1, -0.05) is 0 Å². The van der Waals surface area contributed by atoms with Gasteiger partial charge in [0.15, 0.2) is 0 Å². The molecule has 16 heavy (non-hydrogen) atoms. The topological polar surface area (TPSA) is 68.3 Å². The van der Waals surface area contributed by atoms with Crippen LogP contribution in [0.2, 0.25) is 0 Å². The van der Waals surface area contributed by atoms with E-state index in [2.05, 4.69) is 15.0 Å². The number of esters is 1. The molecule has 0 unspecified atom stereocenters. The van der Waals surface area contributed by atoms with Crippen LogP contribution in [0.1, 0.15) is 22.5 Å². The van der Waals surface area contributed by atoms with Gasteiger partial charge in [0.25, 0.3) is 0 Å². The summed E-state index contributed by atoms with van der Waals surface area (Å²) in [5, 5.41) is 3.24. The molecular formula is C10H14N2O3S. The average Bonchev–Trinajstić information content (AvgIpc) is 2.55. The molecule has 0 atom stereocenters. The molecule has 0 spiro atoms. The molecule has 0 saturated heterocycles. The summed E-state index contributed by atoms with van der Waals surface area (Å²) in [6.45, 7) is 5.98. The molecule has 1 amide bonds. The number of thiazole rings is 1. The van der Waals surface area contributed by atoms with E-state index in [1.807, 2.05) is 13.8 Å². The Morgan fingerprint density at radius 2 is 2.12 bits per heavy atom. The Morgan fingerprint density at radius 3 is 2.62 bits per heavy atom. The van der Waals surface area contributed by atoms with Gasteiger partial charge >= 0.3 is 11.9 Å². The fourth-order valence-corrected chi connectivity index (χ4v) is 1.91. The number of rotatable bonds is 3. The molecule has 0 fully saturated rings. The minimum atomic E-state index is -0.854. The van der Waals surface area contributed by atoms with Crippen molar-refractivity contribution in [2.24, 2.45) is 0 Å². The third kappa shape index (κ3) is 3.30. The zero-order valence-corrected chi connectivity index (χ0v) is 10.3. The number of hydrogen-bond donors (Lipinski definition) is 1. The van der Waals surface area contributed by atoms with Crippen molar-refractivity contribution in [3.05, 3.63) is 15.6 Å². The highest BCUT2D eigenvalue weighted by Gasteiger charge is 2.14. The Labute approximate surface area is 97.8 Å². The Kier molecular flexibility index (Phi) is 4.42. The van der Waals surface area contributed by atoms with Crippen LogP contribution in [0, 0.1) is 13.8 Å². The van der Waals surface area contributed by atoms with E-state index in [4.69, 9.17) is 0 Å². The number of aryl methyl sites for hydroxylation is 2. The van der Waals surface area contributed by atoms with E-state index in [1.165, 1.54) is 11.3 Å². The minimum Gasteiger partial charge on any atom is -0.459 e. The molecule has 1 rings (SSSR count). The number of nitrogens with zero attached hydrogens (tertiary/aromatic N) is 1. The first-order valence-electron chi connectivity index (χ1n) is 4.92. The van der Waals surface area contributed by atoms with Crippen LogP contribution in [0.5, 0.6) is 0 Å². The highest BCUT2D eigenvalue weighted by molar-refractivity contribution is 7.11. The lowest BCUT2D eigenvalue weighted by Gasteiger charge is -2.01. The van der Waals surface area contributed by atoms with Crippen LogP contribution in [0.4, 0.5) is 0 Å². The number of ether oxygens (including phenoxy) is 1. The first-order valence-corrected chi connectivity index (χ1v) is 5.74. The van der Waals surface area contributed by atoms with Crippen molar-refractivity contribution >= 4 is 23.2 Å². The van der Waals surface area contributed by atoms with Crippen molar-refractivity contribution in [1.29, 1.82) is 0 Å². The van der Waals surface area contributed by atoms with Crippen molar-refractivity contribution in [2.75, 3.05) is 6.61 Å². The van der Waals surface area contributed by atoms with Gasteiger partial charge in [-0.2, -0.15) is 0 Å². The number of carbonyl (C=O) groups is 2. The van der Waals surface area contributed by atoms with Crippen LogP contribution < -0.4 is 5.32 Å². The summed E-state index contributed by atoms with van der Waals surface area (Å²) in [5.41, 5.74) is 0.949. The Bertz CT molecular complexity index is 381. The molecule has 0 radical (unpaired) electrons. The highest BCUT2D eigenvalue weighted by Crippen LogP contribution is 2.15. The predicted molar refractivity (Wildman–Crippen MR) is 60.1 cm³/mol. The van der Waals surface area contributed by atoms with E-state index in [0.29, 0.717) is 0 Å². The van der Waals surface area contributed by atoms with Crippen LogP contribution in [0.25, 0.3) is 0 Å². The molecule has 1 aromatic heterocycles.